The lowest BCUT2D eigenvalue weighted by Gasteiger charge is -2.17. The summed E-state index contributed by atoms with van der Waals surface area (Å²) in [6.45, 7) is 24.0. The highest BCUT2D eigenvalue weighted by atomic mass is 15.1. The average Bonchev–Trinajstić information content (AvgIpc) is 1.57. The van der Waals surface area contributed by atoms with Crippen LogP contribution in [0.5, 0.6) is 0 Å². The predicted octanol–water partition coefficient (Wildman–Crippen LogP) is 22.2. The summed E-state index contributed by atoms with van der Waals surface area (Å²) in [4.78, 5) is 42.9. The Hall–Kier alpha value is -15.6. The van der Waals surface area contributed by atoms with Gasteiger partial charge in [0.25, 0.3) is 0 Å². The third kappa shape index (κ3) is 10.9. The maximum Gasteiger partial charge on any atom is 0.197 e. The van der Waals surface area contributed by atoms with Crippen molar-refractivity contribution in [2.24, 2.45) is 0 Å². The van der Waals surface area contributed by atoms with Gasteiger partial charge in [0, 0.05) is 77.2 Å². The topological polar surface area (TPSA) is 172 Å². The Balaban J connectivity index is 0.875. The second-order valence-electron chi connectivity index (χ2n) is 24.8. The van der Waals surface area contributed by atoms with Crippen LogP contribution in [0.2, 0.25) is 0 Å². The highest BCUT2D eigenvalue weighted by molar-refractivity contribution is 6.13. The van der Waals surface area contributed by atoms with Gasteiger partial charge in [0.2, 0.25) is 0 Å². The van der Waals surface area contributed by atoms with Crippen LogP contribution in [0.25, 0.3) is 182 Å². The number of hydrogen-bond donors (Lipinski definition) is 0. The average molecular weight is 1330 g/mol. The molecule has 17 aromatic rings. The maximum atomic E-state index is 10.5. The zero-order valence-electron chi connectivity index (χ0n) is 55.0. The molecule has 4 aromatic heterocycles. The third-order valence-electron chi connectivity index (χ3n) is 18.8. The fraction of sp³-hybridized carbons (Fsp3) is 0. The standard InChI is InChI=1S/C90H48N14/c1-94-68-46-67(54-93)84(76(51-68)96-3)65-38-42-80-72(50-65)70-32-17-19-34-78(70)104(80)82-40-36-63(48-74(82)90-101-87(58-25-12-6-13-26-58)98-88(102-90)59-27-14-7-15-28-59)61-30-20-29-60(45-61)62-35-39-81(73(47-62)89-99-85(56-21-8-4-9-22-56)97-86(100-89)57-23-10-5-11-24-57)103-77-33-18-16-31-69(77)71-49-64(37-41-79(71)103)83-66(53-92)43-55(52-91)44-75(83)95-2/h4-51H. The molecule has 0 aliphatic heterocycles. The monoisotopic (exact) mass is 1320 g/mol. The van der Waals surface area contributed by atoms with Gasteiger partial charge >= 0.3 is 0 Å². The first kappa shape index (κ1) is 62.0. The molecule has 14 nitrogen and oxygen atoms in total. The van der Waals surface area contributed by atoms with Gasteiger partial charge < -0.3 is 9.13 Å². The number of nitriles is 3. The molecule has 0 saturated heterocycles. The van der Waals surface area contributed by atoms with Crippen LogP contribution in [0, 0.1) is 53.7 Å². The van der Waals surface area contributed by atoms with Crippen LogP contribution in [-0.2, 0) is 0 Å². The smallest absolute Gasteiger partial charge is 0.197 e. The SMILES string of the molecule is [C-]#[N+]c1cc(C#N)c(-c2ccc3c(c2)c2ccccc2n3-c2ccc(-c3cccc(-c4ccc(-n5c6ccccc6c6cc(-c7c(C#N)cc(C#N)cc7[N+]#[C-])ccc65)c(-c5nc(-c6ccccc6)nc(-c6ccccc6)n5)c4)c3)cc2-c2nc(-c3ccccc3)nc(-c3ccccc3)n2)c([N+]#[C-])c1. The number of aromatic nitrogens is 8. The van der Waals surface area contributed by atoms with Crippen molar-refractivity contribution in [2.75, 3.05) is 0 Å². The highest BCUT2D eigenvalue weighted by Gasteiger charge is 2.26. The Bertz CT molecular complexity index is 6090. The van der Waals surface area contributed by atoms with Crippen LogP contribution in [-0.4, -0.2) is 39.0 Å². The largest absolute Gasteiger partial charge is 0.309 e. The van der Waals surface area contributed by atoms with Crippen molar-refractivity contribution in [2.45, 2.75) is 0 Å². The van der Waals surface area contributed by atoms with Crippen molar-refractivity contribution in [1.29, 1.82) is 15.8 Å². The minimum Gasteiger partial charge on any atom is -0.309 e. The summed E-state index contributed by atoms with van der Waals surface area (Å²) in [6.07, 6.45) is 0. The van der Waals surface area contributed by atoms with Crippen molar-refractivity contribution in [3.8, 4) is 142 Å². The van der Waals surface area contributed by atoms with E-state index in [2.05, 4.69) is 127 Å². The first-order valence-electron chi connectivity index (χ1n) is 33.2. The lowest BCUT2D eigenvalue weighted by Crippen LogP contribution is -2.04. The Kier molecular flexibility index (Phi) is 15.5. The van der Waals surface area contributed by atoms with Crippen molar-refractivity contribution in [1.82, 2.24) is 39.0 Å². The number of fused-ring (bicyclic) bond motifs is 6. The van der Waals surface area contributed by atoms with Crippen molar-refractivity contribution < 1.29 is 0 Å². The molecule has 0 N–H and O–H groups in total. The van der Waals surface area contributed by atoms with Gasteiger partial charge in [-0.05, 0) is 118 Å². The fourth-order valence-corrected chi connectivity index (χ4v) is 14.0. The summed E-state index contributed by atoms with van der Waals surface area (Å²) in [5.41, 5.74) is 17.0. The quantitative estimate of drug-likeness (QED) is 0.108. The van der Waals surface area contributed by atoms with Gasteiger partial charge in [-0.15, -0.1) is 0 Å². The molecule has 0 bridgehead atoms. The molecule has 0 unspecified atom stereocenters. The lowest BCUT2D eigenvalue weighted by molar-refractivity contribution is 1.06. The number of rotatable bonds is 12. The zero-order valence-corrected chi connectivity index (χ0v) is 55.0. The number of nitrogens with zero attached hydrogens (tertiary/aromatic N) is 14. The summed E-state index contributed by atoms with van der Waals surface area (Å²) in [5.74, 6) is 2.85. The first-order valence-corrected chi connectivity index (χ1v) is 33.2. The van der Waals surface area contributed by atoms with E-state index in [-0.39, 0.29) is 33.8 Å². The van der Waals surface area contributed by atoms with Crippen molar-refractivity contribution in [3.05, 3.63) is 342 Å². The molecule has 17 rings (SSSR count). The third-order valence-corrected chi connectivity index (χ3v) is 18.8. The molecule has 0 aliphatic rings. The molecule has 104 heavy (non-hydrogen) atoms. The number of benzene rings is 13. The van der Waals surface area contributed by atoms with Gasteiger partial charge in [0.1, 0.15) is 0 Å². The maximum absolute atomic E-state index is 10.5. The summed E-state index contributed by atoms with van der Waals surface area (Å²) < 4.78 is 4.44. The van der Waals surface area contributed by atoms with Crippen LogP contribution in [0.3, 0.4) is 0 Å². The Morgan fingerprint density at radius 2 is 0.625 bits per heavy atom. The molecule has 0 aliphatic carbocycles. The van der Waals surface area contributed by atoms with E-state index in [0.717, 1.165) is 99.5 Å². The van der Waals surface area contributed by atoms with Gasteiger partial charge in [-0.25, -0.2) is 44.4 Å². The van der Waals surface area contributed by atoms with Gasteiger partial charge in [-0.2, -0.15) is 15.8 Å². The van der Waals surface area contributed by atoms with Gasteiger partial charge in [0.15, 0.2) is 52.0 Å². The number of hydrogen-bond acceptors (Lipinski definition) is 9. The molecule has 13 aromatic carbocycles. The molecule has 0 amide bonds. The normalized spacial score (nSPS) is 11.0. The summed E-state index contributed by atoms with van der Waals surface area (Å²) in [6, 6.07) is 102. The van der Waals surface area contributed by atoms with Crippen molar-refractivity contribution in [3.63, 3.8) is 0 Å². The van der Waals surface area contributed by atoms with Crippen LogP contribution in [0.1, 0.15) is 16.7 Å². The first-order chi connectivity index (χ1) is 51.3. The molecule has 4 heterocycles. The van der Waals surface area contributed by atoms with E-state index < -0.39 is 0 Å². The van der Waals surface area contributed by atoms with E-state index in [1.54, 1.807) is 0 Å². The molecular formula is C90H48N14. The van der Waals surface area contributed by atoms with Crippen LogP contribution >= 0.6 is 0 Å². The Morgan fingerprint density at radius 1 is 0.269 bits per heavy atom. The molecule has 0 spiro atoms. The van der Waals surface area contributed by atoms with Gasteiger partial charge in [0.05, 0.1) is 76.9 Å². The summed E-state index contributed by atoms with van der Waals surface area (Å²) in [7, 11) is 0. The fourth-order valence-electron chi connectivity index (χ4n) is 14.0. The zero-order chi connectivity index (χ0) is 70.4. The summed E-state index contributed by atoms with van der Waals surface area (Å²) >= 11 is 0. The van der Waals surface area contributed by atoms with E-state index in [0.29, 0.717) is 68.3 Å². The second-order valence-corrected chi connectivity index (χ2v) is 24.8. The Labute approximate surface area is 596 Å². The minimum atomic E-state index is 0.215. The Morgan fingerprint density at radius 3 is 1.03 bits per heavy atom. The molecule has 0 saturated carbocycles. The van der Waals surface area contributed by atoms with Crippen molar-refractivity contribution >= 4 is 60.7 Å². The molecule has 0 atom stereocenters. The molecule has 14 heteroatoms. The molecule has 0 fully saturated rings. The minimum absolute atomic E-state index is 0.215. The van der Waals surface area contributed by atoms with E-state index in [4.69, 9.17) is 49.6 Å². The molecule has 478 valence electrons. The predicted molar refractivity (Wildman–Crippen MR) is 409 cm³/mol. The second kappa shape index (κ2) is 26.0. The summed E-state index contributed by atoms with van der Waals surface area (Å²) in [5, 5.41) is 34.4. The van der Waals surface area contributed by atoms with Gasteiger partial charge in [-0.1, -0.05) is 206 Å². The van der Waals surface area contributed by atoms with Crippen LogP contribution in [0.4, 0.5) is 17.1 Å². The highest BCUT2D eigenvalue weighted by Crippen LogP contribution is 2.46. The number of para-hydroxylation sites is 2. The molecule has 0 radical (unpaired) electrons. The van der Waals surface area contributed by atoms with E-state index >= 15 is 0 Å². The van der Waals surface area contributed by atoms with Gasteiger partial charge in [-0.3, -0.25) is 0 Å². The molecular weight excluding hydrogens is 1280 g/mol. The van der Waals surface area contributed by atoms with E-state index in [9.17, 15) is 15.8 Å². The van der Waals surface area contributed by atoms with Crippen LogP contribution < -0.4 is 0 Å². The van der Waals surface area contributed by atoms with E-state index in [1.807, 2.05) is 182 Å². The van der Waals surface area contributed by atoms with E-state index in [1.165, 1.54) is 24.3 Å². The lowest BCUT2D eigenvalue weighted by atomic mass is 9.95. The van der Waals surface area contributed by atoms with Crippen LogP contribution in [0.15, 0.2) is 291 Å².